The highest BCUT2D eigenvalue weighted by Gasteiger charge is 2.37. The summed E-state index contributed by atoms with van der Waals surface area (Å²) in [6.45, 7) is 9.13. The van der Waals surface area contributed by atoms with Gasteiger partial charge in [-0.3, -0.25) is 0 Å². The molecule has 0 fully saturated rings. The second kappa shape index (κ2) is 8.81. The minimum absolute atomic E-state index is 0. The van der Waals surface area contributed by atoms with Crippen molar-refractivity contribution in [2.75, 3.05) is 0 Å². The Morgan fingerprint density at radius 3 is 1.29 bits per heavy atom. The van der Waals surface area contributed by atoms with Crippen LogP contribution in [0.4, 0.5) is 0 Å². The summed E-state index contributed by atoms with van der Waals surface area (Å²) >= 11 is -0.0159. The fraction of sp³-hybridized carbons (Fsp3) is 0.333. The van der Waals surface area contributed by atoms with E-state index in [-0.39, 0.29) is 35.1 Å². The lowest BCUT2D eigenvalue weighted by atomic mass is 10.3. The van der Waals surface area contributed by atoms with Gasteiger partial charge in [-0.25, -0.2) is 0 Å². The topological polar surface area (TPSA) is 3.24 Å². The molecule has 0 unspecified atom stereocenters. The van der Waals surface area contributed by atoms with Crippen molar-refractivity contribution < 1.29 is 24.0 Å². The molecule has 0 heterocycles. The molecule has 0 aromatic heterocycles. The third kappa shape index (κ3) is 4.73. The first kappa shape index (κ1) is 18.5. The van der Waals surface area contributed by atoms with Gasteiger partial charge in [0.25, 0.3) is 0 Å². The van der Waals surface area contributed by atoms with E-state index in [0.29, 0.717) is 12.1 Å². The number of benzene rings is 2. The third-order valence-electron chi connectivity index (χ3n) is 3.16. The zero-order valence-electron chi connectivity index (χ0n) is 13.2. The van der Waals surface area contributed by atoms with Crippen LogP contribution in [0.5, 0.6) is 0 Å². The van der Waals surface area contributed by atoms with E-state index in [4.69, 9.17) is 0 Å². The van der Waals surface area contributed by atoms with Crippen LogP contribution in [0.2, 0.25) is 0 Å². The van der Waals surface area contributed by atoms with Crippen LogP contribution in [0.15, 0.2) is 70.5 Å². The standard InChI is InChI=1S/C18H24NS.HI/c1-15(2)19(16(3)4)20(17-11-7-5-8-12-17)18-13-9-6-10-14-18;/h5-16H,1-4H3;1H/q+1;/p-1. The van der Waals surface area contributed by atoms with E-state index in [0.717, 1.165) is 0 Å². The maximum absolute atomic E-state index is 2.60. The molecule has 0 aliphatic heterocycles. The van der Waals surface area contributed by atoms with Gasteiger partial charge in [0.2, 0.25) is 0 Å². The summed E-state index contributed by atoms with van der Waals surface area (Å²) in [4.78, 5) is 2.78. The van der Waals surface area contributed by atoms with Crippen LogP contribution in [0, 0.1) is 0 Å². The molecule has 0 aliphatic rings. The number of halogens is 1. The molecule has 2 aromatic rings. The quantitative estimate of drug-likeness (QED) is 0.534. The van der Waals surface area contributed by atoms with E-state index < -0.39 is 0 Å². The summed E-state index contributed by atoms with van der Waals surface area (Å²) in [5, 5.41) is 0. The molecule has 1 nitrogen and oxygen atoms in total. The van der Waals surface area contributed by atoms with E-state index in [1.165, 1.54) is 9.79 Å². The van der Waals surface area contributed by atoms with Crippen molar-refractivity contribution in [3.8, 4) is 0 Å². The molecule has 2 aromatic carbocycles. The van der Waals surface area contributed by atoms with Gasteiger partial charge in [-0.05, 0) is 52.0 Å². The molecule has 21 heavy (non-hydrogen) atoms. The van der Waals surface area contributed by atoms with Crippen molar-refractivity contribution >= 4 is 11.1 Å². The molecular formula is C18H24INS. The van der Waals surface area contributed by atoms with Crippen LogP contribution in [0.1, 0.15) is 27.7 Å². The van der Waals surface area contributed by atoms with Gasteiger partial charge in [0.1, 0.15) is 0 Å². The molecular weight excluding hydrogens is 389 g/mol. The van der Waals surface area contributed by atoms with Gasteiger partial charge in [-0.2, -0.15) is 0 Å². The van der Waals surface area contributed by atoms with E-state index in [2.05, 4.69) is 92.7 Å². The van der Waals surface area contributed by atoms with Gasteiger partial charge < -0.3 is 24.0 Å². The predicted octanol–water partition coefficient (Wildman–Crippen LogP) is 1.76. The molecule has 0 amide bonds. The normalized spacial score (nSPS) is 11.2. The smallest absolute Gasteiger partial charge is 0.182 e. The molecule has 0 aliphatic carbocycles. The van der Waals surface area contributed by atoms with Crippen LogP contribution in [0.3, 0.4) is 0 Å². The van der Waals surface area contributed by atoms with Gasteiger partial charge >= 0.3 is 0 Å². The number of hydrogen-bond acceptors (Lipinski definition) is 1. The fourth-order valence-electron chi connectivity index (χ4n) is 2.50. The van der Waals surface area contributed by atoms with Crippen LogP contribution in [-0.2, 0) is 11.1 Å². The maximum atomic E-state index is 2.60. The Balaban J connectivity index is 0.00000220. The first-order valence-corrected chi connectivity index (χ1v) is 8.42. The minimum Gasteiger partial charge on any atom is -1.00 e. The molecule has 3 heteroatoms. The average Bonchev–Trinajstić information content (AvgIpc) is 2.45. The monoisotopic (exact) mass is 413 g/mol. The third-order valence-corrected chi connectivity index (χ3v) is 5.86. The summed E-state index contributed by atoms with van der Waals surface area (Å²) < 4.78 is 2.60. The van der Waals surface area contributed by atoms with Crippen molar-refractivity contribution in [3.05, 3.63) is 60.7 Å². The van der Waals surface area contributed by atoms with Crippen molar-refractivity contribution in [3.63, 3.8) is 0 Å². The summed E-state index contributed by atoms with van der Waals surface area (Å²) in [6, 6.07) is 22.7. The van der Waals surface area contributed by atoms with Crippen molar-refractivity contribution in [2.24, 2.45) is 0 Å². The lowest BCUT2D eigenvalue weighted by molar-refractivity contribution is -0.00000492. The highest BCUT2D eigenvalue weighted by atomic mass is 127. The van der Waals surface area contributed by atoms with Gasteiger partial charge in [-0.15, -0.1) is 4.31 Å². The summed E-state index contributed by atoms with van der Waals surface area (Å²) in [5.74, 6) is 0. The van der Waals surface area contributed by atoms with Gasteiger partial charge in [0.05, 0.1) is 12.1 Å². The van der Waals surface area contributed by atoms with Crippen LogP contribution in [-0.4, -0.2) is 16.4 Å². The van der Waals surface area contributed by atoms with Gasteiger partial charge in [-0.1, -0.05) is 36.4 Å². The van der Waals surface area contributed by atoms with E-state index in [1.54, 1.807) is 0 Å². The molecule has 0 radical (unpaired) electrons. The van der Waals surface area contributed by atoms with E-state index in [1.807, 2.05) is 0 Å². The fourth-order valence-corrected chi connectivity index (χ4v) is 4.93. The number of hydrogen-bond donors (Lipinski definition) is 0. The van der Waals surface area contributed by atoms with Crippen molar-refractivity contribution in [1.82, 2.24) is 4.31 Å². The average molecular weight is 413 g/mol. The van der Waals surface area contributed by atoms with Crippen molar-refractivity contribution in [1.29, 1.82) is 0 Å². The molecule has 0 N–H and O–H groups in total. The Kier molecular flexibility index (Phi) is 7.77. The lowest BCUT2D eigenvalue weighted by Crippen LogP contribution is -3.00. The molecule has 0 spiro atoms. The first-order valence-electron chi connectivity index (χ1n) is 7.24. The first-order chi connectivity index (χ1) is 9.61. The highest BCUT2D eigenvalue weighted by Crippen LogP contribution is 2.30. The summed E-state index contributed by atoms with van der Waals surface area (Å²) in [6.07, 6.45) is 0. The lowest BCUT2D eigenvalue weighted by Gasteiger charge is -2.28. The summed E-state index contributed by atoms with van der Waals surface area (Å²) in [7, 11) is 0. The van der Waals surface area contributed by atoms with Crippen LogP contribution in [0.25, 0.3) is 0 Å². The second-order valence-electron chi connectivity index (χ2n) is 5.46. The Labute approximate surface area is 149 Å². The Morgan fingerprint density at radius 1 is 0.667 bits per heavy atom. The highest BCUT2D eigenvalue weighted by molar-refractivity contribution is 7.94. The Bertz CT molecular complexity index is 466. The molecule has 114 valence electrons. The maximum Gasteiger partial charge on any atom is 0.182 e. The summed E-state index contributed by atoms with van der Waals surface area (Å²) in [5.41, 5.74) is 0. The van der Waals surface area contributed by atoms with Crippen LogP contribution >= 0.6 is 0 Å². The van der Waals surface area contributed by atoms with Crippen molar-refractivity contribution in [2.45, 2.75) is 49.6 Å². The van der Waals surface area contributed by atoms with Gasteiger partial charge in [0.15, 0.2) is 20.9 Å². The van der Waals surface area contributed by atoms with Crippen LogP contribution < -0.4 is 24.0 Å². The number of rotatable bonds is 5. The molecule has 0 atom stereocenters. The molecule has 0 saturated heterocycles. The van der Waals surface area contributed by atoms with E-state index >= 15 is 0 Å². The second-order valence-corrected chi connectivity index (χ2v) is 7.39. The molecule has 0 bridgehead atoms. The Morgan fingerprint density at radius 2 is 1.00 bits per heavy atom. The van der Waals surface area contributed by atoms with E-state index in [9.17, 15) is 0 Å². The Hall–Kier alpha value is -0.520. The SMILES string of the molecule is CC(C)N(C(C)C)[S+](c1ccccc1)c1ccccc1.[I-]. The van der Waals surface area contributed by atoms with Gasteiger partial charge in [0, 0.05) is 0 Å². The minimum atomic E-state index is -0.0159. The molecule has 2 rings (SSSR count). The zero-order chi connectivity index (χ0) is 14.5. The zero-order valence-corrected chi connectivity index (χ0v) is 16.1. The largest absolute Gasteiger partial charge is 1.00 e. The molecule has 0 saturated carbocycles. The number of nitrogens with zero attached hydrogens (tertiary/aromatic N) is 1. The predicted molar refractivity (Wildman–Crippen MR) is 88.9 cm³/mol.